The Hall–Kier alpha value is -2.26. The normalized spacial score (nSPS) is 20.3. The summed E-state index contributed by atoms with van der Waals surface area (Å²) in [5, 5.41) is 12.2. The Morgan fingerprint density at radius 1 is 1.42 bits per heavy atom. The lowest BCUT2D eigenvalue weighted by molar-refractivity contribution is 0.0735. The molecule has 0 radical (unpaired) electrons. The number of amides is 1. The van der Waals surface area contributed by atoms with Gasteiger partial charge in [0.1, 0.15) is 17.1 Å². The van der Waals surface area contributed by atoms with Crippen LogP contribution in [0.4, 0.5) is 0 Å². The van der Waals surface area contributed by atoms with Gasteiger partial charge in [-0.05, 0) is 50.9 Å². The van der Waals surface area contributed by atoms with Gasteiger partial charge in [0.2, 0.25) is 0 Å². The Labute approximate surface area is 152 Å². The highest BCUT2D eigenvalue weighted by Gasteiger charge is 2.47. The number of hydrogen-bond donors (Lipinski definition) is 0. The third kappa shape index (κ3) is 3.12. The summed E-state index contributed by atoms with van der Waals surface area (Å²) in [6.07, 6.45) is 0.759. The van der Waals surface area contributed by atoms with Crippen LogP contribution in [0.25, 0.3) is 0 Å². The lowest BCUT2D eigenvalue weighted by atomic mass is 9.96. The fourth-order valence-electron chi connectivity index (χ4n) is 3.59. The quantitative estimate of drug-likeness (QED) is 0.752. The van der Waals surface area contributed by atoms with Crippen LogP contribution >= 0.6 is 0 Å². The van der Waals surface area contributed by atoms with Crippen molar-refractivity contribution in [2.45, 2.75) is 32.4 Å². The van der Waals surface area contributed by atoms with Crippen molar-refractivity contribution >= 4 is 5.91 Å². The molecule has 0 saturated carbocycles. The van der Waals surface area contributed by atoms with Gasteiger partial charge in [-0.15, -0.1) is 5.10 Å². The molecule has 0 spiro atoms. The van der Waals surface area contributed by atoms with Gasteiger partial charge in [0.05, 0.1) is 18.7 Å². The smallest absolute Gasteiger partial charge is 0.257 e. The summed E-state index contributed by atoms with van der Waals surface area (Å²) in [6.45, 7) is 5.93. The lowest BCUT2D eigenvalue weighted by Gasteiger charge is -2.34. The van der Waals surface area contributed by atoms with E-state index in [9.17, 15) is 4.79 Å². The maximum atomic E-state index is 13.0. The number of hydrogen-bond acceptors (Lipinski definition) is 7. The lowest BCUT2D eigenvalue weighted by Crippen LogP contribution is -2.47. The number of furan rings is 1. The van der Waals surface area contributed by atoms with Gasteiger partial charge in [0.25, 0.3) is 5.91 Å². The highest BCUT2D eigenvalue weighted by molar-refractivity contribution is 5.95. The second-order valence-corrected chi connectivity index (χ2v) is 6.95. The van der Waals surface area contributed by atoms with Gasteiger partial charge < -0.3 is 14.1 Å². The monoisotopic (exact) mass is 362 g/mol. The van der Waals surface area contributed by atoms with Crippen molar-refractivity contribution in [3.05, 3.63) is 29.0 Å². The topological polar surface area (TPSA) is 89.5 Å². The number of nitrogens with zero attached hydrogens (tertiary/aromatic N) is 6. The Morgan fingerprint density at radius 2 is 2.19 bits per heavy atom. The average Bonchev–Trinajstić information content (AvgIpc) is 3.30. The van der Waals surface area contributed by atoms with Gasteiger partial charge in [-0.1, -0.05) is 0 Å². The average molecular weight is 362 g/mol. The highest BCUT2D eigenvalue weighted by Crippen LogP contribution is 2.36. The predicted molar refractivity (Wildman–Crippen MR) is 93.8 cm³/mol. The van der Waals surface area contributed by atoms with E-state index in [0.717, 1.165) is 18.0 Å². The van der Waals surface area contributed by atoms with E-state index in [4.69, 9.17) is 9.15 Å². The Bertz CT molecular complexity index is 783. The zero-order valence-electron chi connectivity index (χ0n) is 16.0. The van der Waals surface area contributed by atoms with E-state index in [0.29, 0.717) is 37.6 Å². The zero-order valence-corrected chi connectivity index (χ0v) is 16.0. The van der Waals surface area contributed by atoms with Crippen molar-refractivity contribution in [1.29, 1.82) is 0 Å². The SMILES string of the molecule is COCCn1nnnc1C1(N(C)C)CCN(C(=O)c2cc(C)oc2C)C1. The van der Waals surface area contributed by atoms with Crippen LogP contribution in [0.5, 0.6) is 0 Å². The number of ether oxygens (including phenoxy) is 1. The van der Waals surface area contributed by atoms with E-state index >= 15 is 0 Å². The standard InChI is InChI=1S/C17H26N6O3/c1-12-10-14(13(2)26-12)15(24)22-7-6-17(11-22,21(3)4)16-18-19-20-23(16)8-9-25-5/h10H,6-9,11H2,1-5H3. The van der Waals surface area contributed by atoms with Crippen LogP contribution in [-0.2, 0) is 16.8 Å². The molecule has 26 heavy (non-hydrogen) atoms. The Balaban J connectivity index is 1.88. The number of likely N-dealkylation sites (tertiary alicyclic amines) is 1. The highest BCUT2D eigenvalue weighted by atomic mass is 16.5. The van der Waals surface area contributed by atoms with Crippen LogP contribution in [0.2, 0.25) is 0 Å². The van der Waals surface area contributed by atoms with Gasteiger partial charge in [-0.3, -0.25) is 9.69 Å². The van der Waals surface area contributed by atoms with Crippen LogP contribution in [0.1, 0.15) is 34.1 Å². The summed E-state index contributed by atoms with van der Waals surface area (Å²) in [5.74, 6) is 2.14. The number of tetrazole rings is 1. The molecule has 2 aromatic rings. The van der Waals surface area contributed by atoms with Gasteiger partial charge in [0, 0.05) is 20.2 Å². The minimum Gasteiger partial charge on any atom is -0.466 e. The molecule has 1 aliphatic rings. The molecule has 1 saturated heterocycles. The van der Waals surface area contributed by atoms with Crippen LogP contribution in [0.15, 0.2) is 10.5 Å². The molecule has 0 N–H and O–H groups in total. The molecule has 3 rings (SSSR count). The first-order chi connectivity index (χ1) is 12.4. The van der Waals surface area contributed by atoms with Crippen molar-refractivity contribution in [3.63, 3.8) is 0 Å². The number of aromatic nitrogens is 4. The molecule has 1 amide bonds. The van der Waals surface area contributed by atoms with Crippen LogP contribution in [0.3, 0.4) is 0 Å². The zero-order chi connectivity index (χ0) is 18.9. The molecular formula is C17H26N6O3. The molecule has 1 atom stereocenters. The van der Waals surface area contributed by atoms with Crippen molar-refractivity contribution in [1.82, 2.24) is 30.0 Å². The summed E-state index contributed by atoms with van der Waals surface area (Å²) < 4.78 is 12.4. The molecule has 1 fully saturated rings. The van der Waals surface area contributed by atoms with E-state index in [1.165, 1.54) is 0 Å². The molecule has 142 valence electrons. The number of carbonyl (C=O) groups excluding carboxylic acids is 1. The van der Waals surface area contributed by atoms with Crippen molar-refractivity contribution in [2.24, 2.45) is 0 Å². The summed E-state index contributed by atoms with van der Waals surface area (Å²) >= 11 is 0. The van der Waals surface area contributed by atoms with Gasteiger partial charge >= 0.3 is 0 Å². The van der Waals surface area contributed by atoms with Gasteiger partial charge in [-0.25, -0.2) is 4.68 Å². The molecular weight excluding hydrogens is 336 g/mol. The van der Waals surface area contributed by atoms with E-state index in [2.05, 4.69) is 20.4 Å². The minimum atomic E-state index is -0.431. The van der Waals surface area contributed by atoms with Crippen molar-refractivity contribution in [2.75, 3.05) is 40.9 Å². The number of methoxy groups -OCH3 is 1. The van der Waals surface area contributed by atoms with E-state index in [1.54, 1.807) is 17.9 Å². The van der Waals surface area contributed by atoms with Crippen LogP contribution in [-0.4, -0.2) is 76.8 Å². The molecule has 9 nitrogen and oxygen atoms in total. The van der Waals surface area contributed by atoms with E-state index < -0.39 is 5.54 Å². The van der Waals surface area contributed by atoms with Crippen molar-refractivity contribution in [3.8, 4) is 0 Å². The van der Waals surface area contributed by atoms with Gasteiger partial charge in [0.15, 0.2) is 5.82 Å². The molecule has 0 aromatic carbocycles. The van der Waals surface area contributed by atoms with Crippen molar-refractivity contribution < 1.29 is 13.9 Å². The number of carbonyl (C=O) groups is 1. The third-order valence-electron chi connectivity index (χ3n) is 5.12. The summed E-state index contributed by atoms with van der Waals surface area (Å²) in [7, 11) is 5.64. The van der Waals surface area contributed by atoms with Gasteiger partial charge in [-0.2, -0.15) is 0 Å². The fourth-order valence-corrected chi connectivity index (χ4v) is 3.59. The molecule has 3 heterocycles. The molecule has 9 heteroatoms. The number of aryl methyl sites for hydroxylation is 2. The number of rotatable bonds is 6. The maximum Gasteiger partial charge on any atom is 0.257 e. The minimum absolute atomic E-state index is 0.0148. The van der Waals surface area contributed by atoms with E-state index in [-0.39, 0.29) is 5.91 Å². The molecule has 0 bridgehead atoms. The second-order valence-electron chi connectivity index (χ2n) is 6.95. The summed E-state index contributed by atoms with van der Waals surface area (Å²) in [6, 6.07) is 1.80. The fraction of sp³-hybridized carbons (Fsp3) is 0.647. The third-order valence-corrected chi connectivity index (χ3v) is 5.12. The summed E-state index contributed by atoms with van der Waals surface area (Å²) in [4.78, 5) is 16.9. The molecule has 1 aliphatic heterocycles. The summed E-state index contributed by atoms with van der Waals surface area (Å²) in [5.41, 5.74) is 0.190. The van der Waals surface area contributed by atoms with E-state index in [1.807, 2.05) is 32.8 Å². The van der Waals surface area contributed by atoms with Crippen LogP contribution in [0, 0.1) is 13.8 Å². The Morgan fingerprint density at radius 3 is 2.81 bits per heavy atom. The first kappa shape index (κ1) is 18.5. The Kier molecular flexibility index (Phi) is 5.10. The number of likely N-dealkylation sites (N-methyl/N-ethyl adjacent to an activating group) is 1. The maximum absolute atomic E-state index is 13.0. The predicted octanol–water partition coefficient (Wildman–Crippen LogP) is 0.832. The first-order valence-corrected chi connectivity index (χ1v) is 8.68. The molecule has 2 aromatic heterocycles. The molecule has 0 aliphatic carbocycles. The molecule has 1 unspecified atom stereocenters. The first-order valence-electron chi connectivity index (χ1n) is 8.68. The van der Waals surface area contributed by atoms with Crippen LogP contribution < -0.4 is 0 Å². The largest absolute Gasteiger partial charge is 0.466 e. The second kappa shape index (κ2) is 7.16.